The van der Waals surface area contributed by atoms with Crippen LogP contribution in [0.3, 0.4) is 0 Å². The largest absolute Gasteiger partial charge is 0.468 e. The lowest BCUT2D eigenvalue weighted by molar-refractivity contribution is -0.143. The minimum atomic E-state index is -0.231. The molecule has 1 aliphatic rings. The summed E-state index contributed by atoms with van der Waals surface area (Å²) in [5, 5.41) is 0. The molecule has 0 spiro atoms. The number of ether oxygens (including phenoxy) is 1. The standard InChI is InChI=1S/C13H25N3O3/c1-3-4-11(9-14)13(18)16-7-5-15(6-8-16)10-12(17)19-2/h11H,3-10,14H2,1-2H3. The molecule has 1 heterocycles. The molecule has 0 aliphatic carbocycles. The van der Waals surface area contributed by atoms with Crippen LogP contribution in [-0.4, -0.2) is 68.1 Å². The molecule has 0 radical (unpaired) electrons. The molecule has 1 atom stereocenters. The van der Waals surface area contributed by atoms with Gasteiger partial charge in [0, 0.05) is 32.7 Å². The van der Waals surface area contributed by atoms with Gasteiger partial charge < -0.3 is 15.4 Å². The van der Waals surface area contributed by atoms with Gasteiger partial charge in [-0.3, -0.25) is 14.5 Å². The number of nitrogens with two attached hydrogens (primary N) is 1. The lowest BCUT2D eigenvalue weighted by atomic mass is 10.0. The number of rotatable bonds is 6. The summed E-state index contributed by atoms with van der Waals surface area (Å²) in [7, 11) is 1.39. The van der Waals surface area contributed by atoms with Gasteiger partial charge in [-0.15, -0.1) is 0 Å². The molecule has 1 rings (SSSR count). The Morgan fingerprint density at radius 1 is 1.26 bits per heavy atom. The zero-order chi connectivity index (χ0) is 14.3. The second kappa shape index (κ2) is 8.12. The van der Waals surface area contributed by atoms with E-state index in [4.69, 9.17) is 5.73 Å². The molecule has 110 valence electrons. The number of methoxy groups -OCH3 is 1. The number of carbonyl (C=O) groups is 2. The highest BCUT2D eigenvalue weighted by atomic mass is 16.5. The van der Waals surface area contributed by atoms with Crippen molar-refractivity contribution in [3.8, 4) is 0 Å². The molecule has 1 amide bonds. The summed E-state index contributed by atoms with van der Waals surface area (Å²) >= 11 is 0. The molecule has 0 bridgehead atoms. The quantitative estimate of drug-likeness (QED) is 0.670. The highest BCUT2D eigenvalue weighted by Gasteiger charge is 2.26. The number of hydrogen-bond acceptors (Lipinski definition) is 5. The second-order valence-electron chi connectivity index (χ2n) is 4.90. The van der Waals surface area contributed by atoms with E-state index in [0.717, 1.165) is 12.8 Å². The molecule has 1 fully saturated rings. The van der Waals surface area contributed by atoms with Crippen molar-refractivity contribution < 1.29 is 14.3 Å². The SMILES string of the molecule is CCCC(CN)C(=O)N1CCN(CC(=O)OC)CC1. The zero-order valence-corrected chi connectivity index (χ0v) is 11.9. The highest BCUT2D eigenvalue weighted by Crippen LogP contribution is 2.11. The van der Waals surface area contributed by atoms with Gasteiger partial charge in [0.15, 0.2) is 0 Å². The van der Waals surface area contributed by atoms with Crippen molar-refractivity contribution in [2.45, 2.75) is 19.8 Å². The first kappa shape index (κ1) is 15.9. The van der Waals surface area contributed by atoms with Crippen LogP contribution in [0.5, 0.6) is 0 Å². The lowest BCUT2D eigenvalue weighted by Crippen LogP contribution is -2.52. The Kier molecular flexibility index (Phi) is 6.80. The first-order valence-corrected chi connectivity index (χ1v) is 6.90. The Balaban J connectivity index is 2.40. The number of amides is 1. The Morgan fingerprint density at radius 3 is 2.37 bits per heavy atom. The van der Waals surface area contributed by atoms with Gasteiger partial charge in [-0.2, -0.15) is 0 Å². The summed E-state index contributed by atoms with van der Waals surface area (Å²) in [5.41, 5.74) is 5.66. The molecule has 1 saturated heterocycles. The summed E-state index contributed by atoms with van der Waals surface area (Å²) < 4.78 is 4.64. The molecule has 19 heavy (non-hydrogen) atoms. The molecule has 1 unspecified atom stereocenters. The third kappa shape index (κ3) is 4.80. The Labute approximate surface area is 114 Å². The molecule has 0 aromatic heterocycles. The lowest BCUT2D eigenvalue weighted by Gasteiger charge is -2.35. The van der Waals surface area contributed by atoms with Crippen molar-refractivity contribution in [1.29, 1.82) is 0 Å². The molecule has 6 heteroatoms. The van der Waals surface area contributed by atoms with E-state index >= 15 is 0 Å². The van der Waals surface area contributed by atoms with E-state index in [1.165, 1.54) is 7.11 Å². The monoisotopic (exact) mass is 271 g/mol. The van der Waals surface area contributed by atoms with Crippen LogP contribution in [0.15, 0.2) is 0 Å². The van der Waals surface area contributed by atoms with Crippen molar-refractivity contribution in [3.05, 3.63) is 0 Å². The molecular formula is C13H25N3O3. The molecule has 0 aromatic carbocycles. The molecule has 0 saturated carbocycles. The number of nitrogens with zero attached hydrogens (tertiary/aromatic N) is 2. The molecular weight excluding hydrogens is 246 g/mol. The van der Waals surface area contributed by atoms with Crippen molar-refractivity contribution in [1.82, 2.24) is 9.80 Å². The van der Waals surface area contributed by atoms with Gasteiger partial charge in [0.2, 0.25) is 5.91 Å². The van der Waals surface area contributed by atoms with E-state index in [-0.39, 0.29) is 17.8 Å². The van der Waals surface area contributed by atoms with Crippen LogP contribution in [0.1, 0.15) is 19.8 Å². The average molecular weight is 271 g/mol. The van der Waals surface area contributed by atoms with Gasteiger partial charge >= 0.3 is 5.97 Å². The van der Waals surface area contributed by atoms with Crippen molar-refractivity contribution in [3.63, 3.8) is 0 Å². The van der Waals surface area contributed by atoms with E-state index in [1.807, 2.05) is 9.80 Å². The van der Waals surface area contributed by atoms with Gasteiger partial charge in [0.05, 0.1) is 19.6 Å². The number of esters is 1. The van der Waals surface area contributed by atoms with Gasteiger partial charge in [-0.05, 0) is 6.42 Å². The fourth-order valence-electron chi connectivity index (χ4n) is 2.32. The van der Waals surface area contributed by atoms with Crippen LogP contribution in [0.25, 0.3) is 0 Å². The predicted molar refractivity (Wildman–Crippen MR) is 72.5 cm³/mol. The van der Waals surface area contributed by atoms with E-state index in [9.17, 15) is 9.59 Å². The highest BCUT2D eigenvalue weighted by molar-refractivity contribution is 5.79. The number of carbonyl (C=O) groups excluding carboxylic acids is 2. The smallest absolute Gasteiger partial charge is 0.319 e. The zero-order valence-electron chi connectivity index (χ0n) is 11.9. The fourth-order valence-corrected chi connectivity index (χ4v) is 2.32. The Hall–Kier alpha value is -1.14. The first-order chi connectivity index (χ1) is 9.12. The van der Waals surface area contributed by atoms with Gasteiger partial charge in [-0.1, -0.05) is 13.3 Å². The van der Waals surface area contributed by atoms with Crippen LogP contribution in [-0.2, 0) is 14.3 Å². The normalized spacial score (nSPS) is 18.2. The van der Waals surface area contributed by atoms with Crippen LogP contribution in [0.2, 0.25) is 0 Å². The second-order valence-corrected chi connectivity index (χ2v) is 4.90. The molecule has 1 aliphatic heterocycles. The Morgan fingerprint density at radius 2 is 1.89 bits per heavy atom. The topological polar surface area (TPSA) is 75.9 Å². The Bertz CT molecular complexity index is 302. The van der Waals surface area contributed by atoms with Gasteiger partial charge in [-0.25, -0.2) is 0 Å². The van der Waals surface area contributed by atoms with E-state index < -0.39 is 0 Å². The summed E-state index contributed by atoms with van der Waals surface area (Å²) in [5.74, 6) is -0.134. The van der Waals surface area contributed by atoms with Crippen molar-refractivity contribution in [2.24, 2.45) is 11.7 Å². The van der Waals surface area contributed by atoms with E-state index in [0.29, 0.717) is 39.3 Å². The van der Waals surface area contributed by atoms with Gasteiger partial charge in [0.25, 0.3) is 0 Å². The van der Waals surface area contributed by atoms with Crippen LogP contribution < -0.4 is 5.73 Å². The van der Waals surface area contributed by atoms with Crippen molar-refractivity contribution in [2.75, 3.05) is 46.4 Å². The average Bonchev–Trinajstić information content (AvgIpc) is 2.44. The van der Waals surface area contributed by atoms with Crippen molar-refractivity contribution >= 4 is 11.9 Å². The van der Waals surface area contributed by atoms with Gasteiger partial charge in [0.1, 0.15) is 0 Å². The summed E-state index contributed by atoms with van der Waals surface area (Å²) in [6.45, 7) is 5.52. The maximum atomic E-state index is 12.2. The third-order valence-corrected chi connectivity index (χ3v) is 3.54. The fraction of sp³-hybridized carbons (Fsp3) is 0.846. The summed E-state index contributed by atoms with van der Waals surface area (Å²) in [4.78, 5) is 27.3. The molecule has 0 aromatic rings. The van der Waals surface area contributed by atoms with Crippen LogP contribution >= 0.6 is 0 Å². The first-order valence-electron chi connectivity index (χ1n) is 6.90. The number of hydrogen-bond donors (Lipinski definition) is 1. The maximum Gasteiger partial charge on any atom is 0.319 e. The van der Waals surface area contributed by atoms with E-state index in [2.05, 4.69) is 11.7 Å². The molecule has 6 nitrogen and oxygen atoms in total. The van der Waals surface area contributed by atoms with Crippen LogP contribution in [0, 0.1) is 5.92 Å². The predicted octanol–water partition coefficient (Wildman–Crippen LogP) is -0.321. The van der Waals surface area contributed by atoms with E-state index in [1.54, 1.807) is 0 Å². The van der Waals surface area contributed by atoms with Crippen LogP contribution in [0.4, 0.5) is 0 Å². The number of piperazine rings is 1. The molecule has 2 N–H and O–H groups in total. The minimum Gasteiger partial charge on any atom is -0.468 e. The summed E-state index contributed by atoms with van der Waals surface area (Å²) in [6.07, 6.45) is 1.81. The minimum absolute atomic E-state index is 0.0582. The maximum absolute atomic E-state index is 12.2. The summed E-state index contributed by atoms with van der Waals surface area (Å²) in [6, 6.07) is 0. The third-order valence-electron chi connectivity index (χ3n) is 3.54.